The number of carbonyl (C=O) groups is 2. The zero-order valence-electron chi connectivity index (χ0n) is 19.4. The second-order valence-corrected chi connectivity index (χ2v) is 10.3. The number of Topliss-reactive ketones (excluding diaryl/α,β-unsaturated/α-hetero) is 1. The van der Waals surface area contributed by atoms with Crippen LogP contribution in [0.1, 0.15) is 91.8 Å². The fourth-order valence-electron chi connectivity index (χ4n) is 3.10. The Morgan fingerprint density at radius 1 is 0.818 bits per heavy atom. The summed E-state index contributed by atoms with van der Waals surface area (Å²) in [6.45, 7) is 1.84. The second-order valence-electron chi connectivity index (χ2n) is 7.79. The molecule has 0 aliphatic rings. The Labute approximate surface area is 213 Å². The van der Waals surface area contributed by atoms with Crippen molar-refractivity contribution in [2.45, 2.75) is 74.9 Å². The highest BCUT2D eigenvalue weighted by Gasteiger charge is 2.24. The zero-order chi connectivity index (χ0) is 24.4. The van der Waals surface area contributed by atoms with E-state index in [9.17, 15) is 9.59 Å². The van der Waals surface area contributed by atoms with Crippen LogP contribution in [0.2, 0.25) is 0 Å². The quantitative estimate of drug-likeness (QED) is 0.0728. The highest BCUT2D eigenvalue weighted by Crippen LogP contribution is 2.26. The van der Waals surface area contributed by atoms with E-state index in [4.69, 9.17) is 39.5 Å². The third-order valence-corrected chi connectivity index (χ3v) is 5.18. The Bertz CT molecular complexity index is 792. The molecule has 33 heavy (non-hydrogen) atoms. The molecule has 0 fully saturated rings. The molecule has 0 aromatic heterocycles. The molecule has 1 rings (SSSR count). The number of benzene rings is 1. The predicted molar refractivity (Wildman–Crippen MR) is 141 cm³/mol. The number of halogens is 3. The van der Waals surface area contributed by atoms with E-state index in [0.29, 0.717) is 12.0 Å². The van der Waals surface area contributed by atoms with Gasteiger partial charge in [0.15, 0.2) is 5.78 Å². The lowest BCUT2D eigenvalue weighted by molar-refractivity contribution is 0.0509. The molecular weight excluding hydrogens is 479 g/mol. The van der Waals surface area contributed by atoms with Crippen molar-refractivity contribution in [2.24, 2.45) is 0 Å². The Hall–Kier alpha value is -1.55. The van der Waals surface area contributed by atoms with Gasteiger partial charge in [-0.25, -0.2) is 4.79 Å². The van der Waals surface area contributed by atoms with E-state index in [0.717, 1.165) is 32.1 Å². The lowest BCUT2D eigenvalue weighted by atomic mass is 9.99. The van der Waals surface area contributed by atoms with Crippen LogP contribution in [0.5, 0.6) is 0 Å². The van der Waals surface area contributed by atoms with Crippen molar-refractivity contribution in [3.63, 3.8) is 0 Å². The van der Waals surface area contributed by atoms with Crippen molar-refractivity contribution in [1.29, 1.82) is 0 Å². The Morgan fingerprint density at radius 3 is 1.94 bits per heavy atom. The van der Waals surface area contributed by atoms with E-state index >= 15 is 0 Å². The maximum Gasteiger partial charge on any atom is 0.339 e. The standard InChI is InChI=1S/C27H35Cl3O3/c1-2-3-4-5-6-7-8-9-10-11-12-13-14-15-16-21-25(31)23-19-17-18-20-24(23)26(32)33-22-27(28,29)30/h6-7,9-10,12-13,17-20H,2-5,8,11,14-16,21-22H2,1H3. The van der Waals surface area contributed by atoms with Crippen molar-refractivity contribution >= 4 is 46.6 Å². The molecule has 0 N–H and O–H groups in total. The molecule has 0 heterocycles. The van der Waals surface area contributed by atoms with Crippen molar-refractivity contribution in [2.75, 3.05) is 6.61 Å². The molecule has 0 atom stereocenters. The van der Waals surface area contributed by atoms with Gasteiger partial charge in [-0.05, 0) is 51.0 Å². The van der Waals surface area contributed by atoms with Crippen molar-refractivity contribution in [3.8, 4) is 0 Å². The number of ketones is 1. The van der Waals surface area contributed by atoms with Gasteiger partial charge < -0.3 is 4.74 Å². The van der Waals surface area contributed by atoms with Crippen molar-refractivity contribution in [3.05, 3.63) is 71.8 Å². The van der Waals surface area contributed by atoms with Gasteiger partial charge in [0.2, 0.25) is 3.79 Å². The molecule has 0 saturated carbocycles. The maximum atomic E-state index is 12.6. The maximum absolute atomic E-state index is 12.6. The van der Waals surface area contributed by atoms with Gasteiger partial charge in [0, 0.05) is 12.0 Å². The number of esters is 1. The summed E-state index contributed by atoms with van der Waals surface area (Å²) in [5.74, 6) is -0.764. The van der Waals surface area contributed by atoms with Gasteiger partial charge >= 0.3 is 5.97 Å². The van der Waals surface area contributed by atoms with E-state index in [1.807, 2.05) is 0 Å². The van der Waals surface area contributed by atoms with Crippen LogP contribution < -0.4 is 0 Å². The molecule has 0 aliphatic heterocycles. The highest BCUT2D eigenvalue weighted by molar-refractivity contribution is 6.67. The number of carbonyl (C=O) groups excluding carboxylic acids is 2. The summed E-state index contributed by atoms with van der Waals surface area (Å²) >= 11 is 16.9. The van der Waals surface area contributed by atoms with Crippen LogP contribution in [-0.4, -0.2) is 22.2 Å². The first-order valence-electron chi connectivity index (χ1n) is 11.7. The number of unbranched alkanes of at least 4 members (excludes halogenated alkanes) is 5. The molecule has 6 heteroatoms. The molecule has 0 bridgehead atoms. The van der Waals surface area contributed by atoms with E-state index in [2.05, 4.69) is 43.4 Å². The summed E-state index contributed by atoms with van der Waals surface area (Å²) in [5.41, 5.74) is 0.533. The number of allylic oxidation sites excluding steroid dienone is 6. The SMILES string of the molecule is CCCCCC=CCC=CCC=CCCCCC(=O)c1ccccc1C(=O)OCC(Cl)(Cl)Cl. The van der Waals surface area contributed by atoms with Crippen LogP contribution in [-0.2, 0) is 4.74 Å². The fraction of sp³-hybridized carbons (Fsp3) is 0.481. The molecule has 182 valence electrons. The molecular formula is C27H35Cl3O3. The molecule has 0 radical (unpaired) electrons. The Kier molecular flexibility index (Phi) is 16.0. The van der Waals surface area contributed by atoms with Crippen LogP contribution in [0.3, 0.4) is 0 Å². The number of alkyl halides is 3. The number of hydrogen-bond donors (Lipinski definition) is 0. The molecule has 0 saturated heterocycles. The Morgan fingerprint density at radius 2 is 1.36 bits per heavy atom. The summed E-state index contributed by atoms with van der Waals surface area (Å²) in [5, 5.41) is 0. The molecule has 0 aliphatic carbocycles. The molecule has 0 unspecified atom stereocenters. The first kappa shape index (κ1) is 29.5. The van der Waals surface area contributed by atoms with Crippen LogP contribution in [0.4, 0.5) is 0 Å². The highest BCUT2D eigenvalue weighted by atomic mass is 35.6. The van der Waals surface area contributed by atoms with Crippen LogP contribution in [0.15, 0.2) is 60.7 Å². The molecule has 3 nitrogen and oxygen atoms in total. The second kappa shape index (κ2) is 17.9. The normalized spacial score (nSPS) is 12.2. The zero-order valence-corrected chi connectivity index (χ0v) is 21.7. The van der Waals surface area contributed by atoms with E-state index < -0.39 is 9.76 Å². The third kappa shape index (κ3) is 15.1. The lowest BCUT2D eigenvalue weighted by Gasteiger charge is -2.13. The minimum atomic E-state index is -1.69. The van der Waals surface area contributed by atoms with Gasteiger partial charge in [-0.3, -0.25) is 4.79 Å². The minimum absolute atomic E-state index is 0.0916. The number of rotatable bonds is 16. The Balaban J connectivity index is 2.27. The first-order chi connectivity index (χ1) is 15.8. The molecule has 1 aromatic rings. The van der Waals surface area contributed by atoms with E-state index in [1.165, 1.54) is 25.7 Å². The van der Waals surface area contributed by atoms with Gasteiger partial charge in [-0.15, -0.1) is 0 Å². The number of hydrogen-bond acceptors (Lipinski definition) is 3. The average Bonchev–Trinajstić information content (AvgIpc) is 2.79. The summed E-state index contributed by atoms with van der Waals surface area (Å²) in [4.78, 5) is 24.8. The number of ether oxygens (including phenoxy) is 1. The lowest BCUT2D eigenvalue weighted by Crippen LogP contribution is -2.19. The average molecular weight is 514 g/mol. The van der Waals surface area contributed by atoms with E-state index in [1.54, 1.807) is 24.3 Å². The summed E-state index contributed by atoms with van der Waals surface area (Å²) in [6.07, 6.45) is 23.0. The van der Waals surface area contributed by atoms with Crippen LogP contribution in [0, 0.1) is 0 Å². The monoisotopic (exact) mass is 512 g/mol. The summed E-state index contributed by atoms with van der Waals surface area (Å²) < 4.78 is 3.32. The predicted octanol–water partition coefficient (Wildman–Crippen LogP) is 8.99. The molecule has 0 amide bonds. The topological polar surface area (TPSA) is 43.4 Å². The van der Waals surface area contributed by atoms with Gasteiger partial charge in [0.25, 0.3) is 0 Å². The van der Waals surface area contributed by atoms with Crippen molar-refractivity contribution in [1.82, 2.24) is 0 Å². The third-order valence-electron chi connectivity index (χ3n) is 4.86. The smallest absolute Gasteiger partial charge is 0.339 e. The minimum Gasteiger partial charge on any atom is -0.458 e. The van der Waals surface area contributed by atoms with Crippen LogP contribution >= 0.6 is 34.8 Å². The van der Waals surface area contributed by atoms with Gasteiger partial charge in [0.1, 0.15) is 6.61 Å². The molecule has 0 spiro atoms. The summed E-state index contributed by atoms with van der Waals surface area (Å²) in [6, 6.07) is 6.57. The van der Waals surface area contributed by atoms with Gasteiger partial charge in [-0.2, -0.15) is 0 Å². The molecule has 1 aromatic carbocycles. The summed E-state index contributed by atoms with van der Waals surface area (Å²) in [7, 11) is 0. The van der Waals surface area contributed by atoms with Gasteiger partial charge in [-0.1, -0.05) is 109 Å². The largest absolute Gasteiger partial charge is 0.458 e. The fourth-order valence-corrected chi connectivity index (χ4v) is 3.27. The van der Waals surface area contributed by atoms with E-state index in [-0.39, 0.29) is 18.0 Å². The van der Waals surface area contributed by atoms with Crippen molar-refractivity contribution < 1.29 is 14.3 Å². The first-order valence-corrected chi connectivity index (χ1v) is 12.8. The van der Waals surface area contributed by atoms with Gasteiger partial charge in [0.05, 0.1) is 5.56 Å². The van der Waals surface area contributed by atoms with Crippen LogP contribution in [0.25, 0.3) is 0 Å².